The minimum absolute atomic E-state index is 0.216. The average Bonchev–Trinajstić information content (AvgIpc) is 3.33. The molecule has 0 bridgehead atoms. The van der Waals surface area contributed by atoms with E-state index in [0.717, 1.165) is 62.0 Å². The molecule has 9 N–H and O–H groups in total. The van der Waals surface area contributed by atoms with Crippen molar-refractivity contribution in [1.82, 2.24) is 27.2 Å². The molecule has 1 aliphatic carbocycles. The molecule has 0 amide bonds. The van der Waals surface area contributed by atoms with Crippen molar-refractivity contribution in [2.75, 3.05) is 19.6 Å². The monoisotopic (exact) mass is 485 g/mol. The Morgan fingerprint density at radius 1 is 0.882 bits per heavy atom. The highest BCUT2D eigenvalue weighted by Gasteiger charge is 2.31. The van der Waals surface area contributed by atoms with E-state index in [2.05, 4.69) is 51.5 Å². The highest BCUT2D eigenvalue weighted by Crippen LogP contribution is 2.38. The van der Waals surface area contributed by atoms with Gasteiger partial charge in [0, 0.05) is 24.6 Å². The molecular weight excluding hydrogens is 450 g/mol. The Morgan fingerprint density at radius 2 is 1.53 bits per heavy atom. The van der Waals surface area contributed by atoms with Gasteiger partial charge in [-0.3, -0.25) is 0 Å². The van der Waals surface area contributed by atoms with Gasteiger partial charge in [-0.1, -0.05) is 36.4 Å². The number of benzene rings is 2. The molecule has 0 aromatic heterocycles. The van der Waals surface area contributed by atoms with Gasteiger partial charge in [0.1, 0.15) is 6.17 Å². The van der Waals surface area contributed by atoms with Crippen molar-refractivity contribution in [2.24, 2.45) is 22.7 Å². The number of nitrogens with two attached hydrogens (primary N) is 2. The van der Waals surface area contributed by atoms with E-state index in [9.17, 15) is 8.42 Å². The van der Waals surface area contributed by atoms with E-state index in [4.69, 9.17) is 10.9 Å². The second kappa shape index (κ2) is 10.00. The van der Waals surface area contributed by atoms with E-state index >= 15 is 0 Å². The second-order valence-electron chi connectivity index (χ2n) is 9.84. The standard InChI is InChI=1S/C24H35N7O2S/c25-12-16-3-1-15(2-4-16)11-19-9-10-21(18-7-5-17(6-8-18)20-13-27-14-20)22(23(19)34(26,32)33)24-28-30-31-29-24/h5-10,15-16,20,24,27-31H,1-4,11-14,25H2,(H2,26,32,33). The van der Waals surface area contributed by atoms with Gasteiger partial charge in [0.05, 0.1) is 4.90 Å². The van der Waals surface area contributed by atoms with Crippen molar-refractivity contribution in [2.45, 2.75) is 49.1 Å². The Bertz CT molecular complexity index is 1100. The lowest BCUT2D eigenvalue weighted by atomic mass is 9.79. The van der Waals surface area contributed by atoms with Crippen LogP contribution in [-0.2, 0) is 16.4 Å². The molecule has 0 spiro atoms. The lowest BCUT2D eigenvalue weighted by Gasteiger charge is -2.29. The number of rotatable bonds is 7. The summed E-state index contributed by atoms with van der Waals surface area (Å²) < 4.78 is 26.0. The van der Waals surface area contributed by atoms with E-state index < -0.39 is 16.2 Å². The first-order valence-corrected chi connectivity index (χ1v) is 13.7. The van der Waals surface area contributed by atoms with Gasteiger partial charge >= 0.3 is 0 Å². The SMILES string of the molecule is NCC1CCC(Cc2ccc(-c3ccc(C4CNC4)cc3)c(C3NNNN3)c2S(N)(=O)=O)CC1. The molecule has 34 heavy (non-hydrogen) atoms. The van der Waals surface area contributed by atoms with E-state index in [1.165, 1.54) is 5.56 Å². The third-order valence-electron chi connectivity index (χ3n) is 7.63. The van der Waals surface area contributed by atoms with Gasteiger partial charge in [-0.2, -0.15) is 11.1 Å². The Labute approximate surface area is 201 Å². The van der Waals surface area contributed by atoms with Gasteiger partial charge in [-0.05, 0) is 72.7 Å². The molecule has 3 aliphatic rings. The number of hydrogen-bond donors (Lipinski definition) is 7. The molecule has 0 radical (unpaired) electrons. The van der Waals surface area contributed by atoms with Crippen LogP contribution in [0.2, 0.25) is 0 Å². The van der Waals surface area contributed by atoms with Gasteiger partial charge in [-0.25, -0.2) is 24.4 Å². The number of primary sulfonamides is 1. The third-order valence-corrected chi connectivity index (χ3v) is 8.68. The molecule has 0 atom stereocenters. The summed E-state index contributed by atoms with van der Waals surface area (Å²) in [4.78, 5) is 0.216. The molecule has 2 saturated heterocycles. The van der Waals surface area contributed by atoms with Gasteiger partial charge in [-0.15, -0.1) is 0 Å². The van der Waals surface area contributed by atoms with Crippen LogP contribution in [0.5, 0.6) is 0 Å². The molecule has 10 heteroatoms. The summed E-state index contributed by atoms with van der Waals surface area (Å²) in [7, 11) is -3.98. The normalized spacial score (nSPS) is 24.3. The Balaban J connectivity index is 1.54. The zero-order valence-electron chi connectivity index (χ0n) is 19.3. The maximum absolute atomic E-state index is 13.0. The first kappa shape index (κ1) is 23.8. The first-order chi connectivity index (χ1) is 16.4. The minimum atomic E-state index is -3.98. The van der Waals surface area contributed by atoms with Crippen molar-refractivity contribution in [3.05, 3.63) is 53.1 Å². The van der Waals surface area contributed by atoms with Crippen LogP contribution in [0.25, 0.3) is 11.1 Å². The van der Waals surface area contributed by atoms with Crippen LogP contribution in [0.1, 0.15) is 54.5 Å². The molecule has 3 fully saturated rings. The quantitative estimate of drug-likeness (QED) is 0.309. The molecule has 184 valence electrons. The van der Waals surface area contributed by atoms with Crippen molar-refractivity contribution in [3.63, 3.8) is 0 Å². The third kappa shape index (κ3) is 4.91. The van der Waals surface area contributed by atoms with Gasteiger partial charge in [0.15, 0.2) is 0 Å². The molecule has 2 aromatic rings. The number of hydrogen-bond acceptors (Lipinski definition) is 8. The minimum Gasteiger partial charge on any atom is -0.330 e. The maximum Gasteiger partial charge on any atom is 0.238 e. The summed E-state index contributed by atoms with van der Waals surface area (Å²) in [5.74, 6) is 1.55. The van der Waals surface area contributed by atoms with Crippen LogP contribution in [-0.4, -0.2) is 28.1 Å². The lowest BCUT2D eigenvalue weighted by Crippen LogP contribution is -2.39. The molecule has 1 saturated carbocycles. The molecule has 2 heterocycles. The Kier molecular flexibility index (Phi) is 7.01. The van der Waals surface area contributed by atoms with Gasteiger partial charge in [0.25, 0.3) is 0 Å². The predicted molar refractivity (Wildman–Crippen MR) is 132 cm³/mol. The number of sulfonamides is 1. The molecule has 2 aromatic carbocycles. The maximum atomic E-state index is 13.0. The summed E-state index contributed by atoms with van der Waals surface area (Å²) in [5, 5.41) is 9.17. The molecule has 5 rings (SSSR count). The average molecular weight is 486 g/mol. The molecule has 2 aliphatic heterocycles. The highest BCUT2D eigenvalue weighted by atomic mass is 32.2. The summed E-state index contributed by atoms with van der Waals surface area (Å²) in [5.41, 5.74) is 22.1. The van der Waals surface area contributed by atoms with E-state index in [0.29, 0.717) is 29.7 Å². The smallest absolute Gasteiger partial charge is 0.238 e. The fraction of sp³-hybridized carbons (Fsp3) is 0.500. The number of nitrogens with one attached hydrogen (secondary N) is 5. The van der Waals surface area contributed by atoms with E-state index in [1.807, 2.05) is 12.1 Å². The molecule has 9 nitrogen and oxygen atoms in total. The zero-order chi connectivity index (χ0) is 23.7. The van der Waals surface area contributed by atoms with E-state index in [-0.39, 0.29) is 4.90 Å². The van der Waals surface area contributed by atoms with Crippen molar-refractivity contribution < 1.29 is 8.42 Å². The van der Waals surface area contributed by atoms with Crippen molar-refractivity contribution in [1.29, 1.82) is 0 Å². The van der Waals surface area contributed by atoms with Crippen LogP contribution >= 0.6 is 0 Å². The van der Waals surface area contributed by atoms with Crippen LogP contribution in [0.3, 0.4) is 0 Å². The van der Waals surface area contributed by atoms with Crippen molar-refractivity contribution >= 4 is 10.0 Å². The highest BCUT2D eigenvalue weighted by molar-refractivity contribution is 7.89. The van der Waals surface area contributed by atoms with Gasteiger partial charge in [0.2, 0.25) is 10.0 Å². The Hall–Kier alpha value is -1.89. The lowest BCUT2D eigenvalue weighted by molar-refractivity contribution is 0.277. The second-order valence-corrected chi connectivity index (χ2v) is 11.3. The molecular formula is C24H35N7O2S. The fourth-order valence-corrected chi connectivity index (χ4v) is 6.57. The van der Waals surface area contributed by atoms with Crippen LogP contribution in [0.4, 0.5) is 0 Å². The van der Waals surface area contributed by atoms with Gasteiger partial charge < -0.3 is 11.1 Å². The summed E-state index contributed by atoms with van der Waals surface area (Å²) >= 11 is 0. The topological polar surface area (TPSA) is 146 Å². The van der Waals surface area contributed by atoms with Crippen LogP contribution in [0.15, 0.2) is 41.3 Å². The van der Waals surface area contributed by atoms with Crippen LogP contribution < -0.4 is 38.1 Å². The first-order valence-electron chi connectivity index (χ1n) is 12.1. The zero-order valence-corrected chi connectivity index (χ0v) is 20.1. The summed E-state index contributed by atoms with van der Waals surface area (Å²) in [6, 6.07) is 12.4. The predicted octanol–water partition coefficient (Wildman–Crippen LogP) is 1.11. The van der Waals surface area contributed by atoms with Crippen molar-refractivity contribution in [3.8, 4) is 11.1 Å². The summed E-state index contributed by atoms with van der Waals surface area (Å²) in [6.07, 6.45) is 4.54. The summed E-state index contributed by atoms with van der Waals surface area (Å²) in [6.45, 7) is 2.72. The van der Waals surface area contributed by atoms with Crippen LogP contribution in [0, 0.1) is 11.8 Å². The Morgan fingerprint density at radius 3 is 2.09 bits per heavy atom. The largest absolute Gasteiger partial charge is 0.330 e. The molecule has 0 unspecified atom stereocenters. The number of hydrazine groups is 3. The fourth-order valence-electron chi connectivity index (χ4n) is 5.52. The van der Waals surface area contributed by atoms with E-state index in [1.54, 1.807) is 0 Å².